The average molecular weight is 293 g/mol. The van der Waals surface area contributed by atoms with Gasteiger partial charge in [-0.3, -0.25) is 0 Å². The summed E-state index contributed by atoms with van der Waals surface area (Å²) in [7, 11) is 0. The predicted octanol–water partition coefficient (Wildman–Crippen LogP) is 4.54. The van der Waals surface area contributed by atoms with Crippen molar-refractivity contribution in [1.29, 1.82) is 0 Å². The monoisotopic (exact) mass is 292 g/mol. The van der Waals surface area contributed by atoms with E-state index in [9.17, 15) is 0 Å². The molecule has 0 saturated heterocycles. The lowest BCUT2D eigenvalue weighted by molar-refractivity contribution is 0.472. The number of nitrogens with zero attached hydrogens (tertiary/aromatic N) is 1. The fourth-order valence-corrected chi connectivity index (χ4v) is 2.94. The van der Waals surface area contributed by atoms with Crippen molar-refractivity contribution in [1.82, 2.24) is 0 Å². The molecule has 0 unspecified atom stereocenters. The summed E-state index contributed by atoms with van der Waals surface area (Å²) in [6.45, 7) is 10.8. The molecule has 0 aliphatic carbocycles. The maximum Gasteiger partial charge on any atom is 0.0643 e. The second kappa shape index (κ2) is 5.79. The first-order valence-electron chi connectivity index (χ1n) is 7.28. The first kappa shape index (κ1) is 15.4. The Balaban J connectivity index is 2.17. The standard InChI is InChI=1S/C17H25ClN2/c1-12(19)13-5-6-16(15(18)11-13)20-9-7-14(8-10-20)17(2,3)4/h5-7,11-12H,8-10,19H2,1-4H3/t12-/m1/s1. The lowest BCUT2D eigenvalue weighted by Gasteiger charge is -2.34. The zero-order chi connectivity index (χ0) is 14.9. The minimum Gasteiger partial charge on any atom is -0.366 e. The maximum absolute atomic E-state index is 6.42. The molecule has 20 heavy (non-hydrogen) atoms. The highest BCUT2D eigenvalue weighted by Gasteiger charge is 2.22. The van der Waals surface area contributed by atoms with Gasteiger partial charge in [-0.1, -0.05) is 50.1 Å². The normalized spacial score (nSPS) is 17.9. The van der Waals surface area contributed by atoms with Gasteiger partial charge in [0.2, 0.25) is 0 Å². The summed E-state index contributed by atoms with van der Waals surface area (Å²) in [5, 5.41) is 0.799. The Morgan fingerprint density at radius 2 is 2.00 bits per heavy atom. The van der Waals surface area contributed by atoms with E-state index in [4.69, 9.17) is 17.3 Å². The summed E-state index contributed by atoms with van der Waals surface area (Å²) in [6.07, 6.45) is 3.45. The highest BCUT2D eigenvalue weighted by Crippen LogP contribution is 2.34. The van der Waals surface area contributed by atoms with Gasteiger partial charge in [-0.05, 0) is 36.5 Å². The quantitative estimate of drug-likeness (QED) is 0.811. The number of anilines is 1. The molecule has 1 heterocycles. The molecule has 1 aliphatic heterocycles. The van der Waals surface area contributed by atoms with Gasteiger partial charge in [-0.2, -0.15) is 0 Å². The van der Waals surface area contributed by atoms with Gasteiger partial charge in [0.25, 0.3) is 0 Å². The van der Waals surface area contributed by atoms with E-state index in [1.54, 1.807) is 0 Å². The molecular weight excluding hydrogens is 268 g/mol. The molecule has 0 amide bonds. The number of benzene rings is 1. The molecule has 1 atom stereocenters. The number of hydrogen-bond donors (Lipinski definition) is 1. The van der Waals surface area contributed by atoms with E-state index >= 15 is 0 Å². The number of rotatable bonds is 2. The highest BCUT2D eigenvalue weighted by molar-refractivity contribution is 6.33. The smallest absolute Gasteiger partial charge is 0.0643 e. The van der Waals surface area contributed by atoms with Crippen LogP contribution in [0.15, 0.2) is 29.8 Å². The van der Waals surface area contributed by atoms with Crippen LogP contribution in [0.2, 0.25) is 5.02 Å². The largest absolute Gasteiger partial charge is 0.366 e. The molecule has 0 fully saturated rings. The molecule has 1 aromatic rings. The molecule has 0 radical (unpaired) electrons. The van der Waals surface area contributed by atoms with Gasteiger partial charge >= 0.3 is 0 Å². The third-order valence-electron chi connectivity index (χ3n) is 4.01. The molecule has 1 aromatic carbocycles. The molecule has 0 spiro atoms. The van der Waals surface area contributed by atoms with Crippen molar-refractivity contribution >= 4 is 17.3 Å². The van der Waals surface area contributed by atoms with Crippen LogP contribution in [0.25, 0.3) is 0 Å². The summed E-state index contributed by atoms with van der Waals surface area (Å²) in [5.41, 5.74) is 9.90. The van der Waals surface area contributed by atoms with Crippen LogP contribution in [-0.2, 0) is 0 Å². The average Bonchev–Trinajstić information content (AvgIpc) is 2.37. The zero-order valence-electron chi connectivity index (χ0n) is 12.9. The fourth-order valence-electron chi connectivity index (χ4n) is 2.63. The van der Waals surface area contributed by atoms with E-state index in [0.717, 1.165) is 35.8 Å². The van der Waals surface area contributed by atoms with Crippen LogP contribution in [0.4, 0.5) is 5.69 Å². The van der Waals surface area contributed by atoms with Gasteiger partial charge in [-0.15, -0.1) is 0 Å². The highest BCUT2D eigenvalue weighted by atomic mass is 35.5. The number of nitrogens with two attached hydrogens (primary N) is 1. The Morgan fingerprint density at radius 3 is 2.45 bits per heavy atom. The van der Waals surface area contributed by atoms with Gasteiger partial charge in [0, 0.05) is 19.1 Å². The van der Waals surface area contributed by atoms with Crippen LogP contribution in [0, 0.1) is 5.41 Å². The first-order chi connectivity index (χ1) is 9.29. The molecule has 0 aromatic heterocycles. The van der Waals surface area contributed by atoms with Gasteiger partial charge in [-0.25, -0.2) is 0 Å². The molecule has 110 valence electrons. The van der Waals surface area contributed by atoms with E-state index < -0.39 is 0 Å². The third-order valence-corrected chi connectivity index (χ3v) is 4.31. The van der Waals surface area contributed by atoms with Crippen molar-refractivity contribution in [3.63, 3.8) is 0 Å². The van der Waals surface area contributed by atoms with Gasteiger partial charge in [0.15, 0.2) is 0 Å². The molecule has 0 bridgehead atoms. The molecule has 1 aliphatic rings. The van der Waals surface area contributed by atoms with E-state index in [1.165, 1.54) is 5.57 Å². The fraction of sp³-hybridized carbons (Fsp3) is 0.529. The summed E-state index contributed by atoms with van der Waals surface area (Å²) in [4.78, 5) is 2.34. The summed E-state index contributed by atoms with van der Waals surface area (Å²) < 4.78 is 0. The molecule has 2 N–H and O–H groups in total. The summed E-state index contributed by atoms with van der Waals surface area (Å²) >= 11 is 6.42. The van der Waals surface area contributed by atoms with Crippen molar-refractivity contribution < 1.29 is 0 Å². The second-order valence-electron chi connectivity index (χ2n) is 6.67. The molecule has 2 rings (SSSR count). The van der Waals surface area contributed by atoms with Gasteiger partial charge in [0.1, 0.15) is 0 Å². The van der Waals surface area contributed by atoms with Gasteiger partial charge in [0.05, 0.1) is 10.7 Å². The Hall–Kier alpha value is -0.990. The molecule has 2 nitrogen and oxygen atoms in total. The van der Waals surface area contributed by atoms with E-state index in [1.807, 2.05) is 13.0 Å². The third kappa shape index (κ3) is 3.36. The van der Waals surface area contributed by atoms with E-state index in [2.05, 4.69) is 43.9 Å². The lowest BCUT2D eigenvalue weighted by atomic mass is 9.83. The second-order valence-corrected chi connectivity index (χ2v) is 7.08. The summed E-state index contributed by atoms with van der Waals surface area (Å²) in [5.74, 6) is 0. The molecular formula is C17H25ClN2. The van der Waals surface area contributed by atoms with Crippen LogP contribution < -0.4 is 10.6 Å². The lowest BCUT2D eigenvalue weighted by Crippen LogP contribution is -2.31. The SMILES string of the molecule is C[C@@H](N)c1ccc(N2CC=C(C(C)(C)C)CC2)c(Cl)c1. The van der Waals surface area contributed by atoms with Crippen LogP contribution >= 0.6 is 11.6 Å². The van der Waals surface area contributed by atoms with Crippen LogP contribution in [-0.4, -0.2) is 13.1 Å². The van der Waals surface area contributed by atoms with Crippen LogP contribution in [0.5, 0.6) is 0 Å². The Bertz CT molecular complexity index is 512. The van der Waals surface area contributed by atoms with E-state index in [-0.39, 0.29) is 11.5 Å². The number of halogens is 1. The van der Waals surface area contributed by atoms with E-state index in [0.29, 0.717) is 0 Å². The van der Waals surface area contributed by atoms with Crippen molar-refractivity contribution in [3.8, 4) is 0 Å². The Morgan fingerprint density at radius 1 is 1.30 bits per heavy atom. The van der Waals surface area contributed by atoms with Gasteiger partial charge < -0.3 is 10.6 Å². The summed E-state index contributed by atoms with van der Waals surface area (Å²) in [6, 6.07) is 6.19. The van der Waals surface area contributed by atoms with Crippen molar-refractivity contribution in [2.45, 2.75) is 40.2 Å². The Kier molecular flexibility index (Phi) is 4.46. The van der Waals surface area contributed by atoms with Crippen LogP contribution in [0.1, 0.15) is 45.7 Å². The minimum atomic E-state index is 0.0234. The predicted molar refractivity (Wildman–Crippen MR) is 88.4 cm³/mol. The first-order valence-corrected chi connectivity index (χ1v) is 7.66. The van der Waals surface area contributed by atoms with Crippen molar-refractivity contribution in [3.05, 3.63) is 40.4 Å². The van der Waals surface area contributed by atoms with Crippen molar-refractivity contribution in [2.75, 3.05) is 18.0 Å². The Labute approximate surface area is 127 Å². The topological polar surface area (TPSA) is 29.3 Å². The maximum atomic E-state index is 6.42. The molecule has 3 heteroatoms. The number of hydrogen-bond acceptors (Lipinski definition) is 2. The minimum absolute atomic E-state index is 0.0234. The van der Waals surface area contributed by atoms with Crippen molar-refractivity contribution in [2.24, 2.45) is 11.1 Å². The molecule has 0 saturated carbocycles. The van der Waals surface area contributed by atoms with Crippen LogP contribution in [0.3, 0.4) is 0 Å². The zero-order valence-corrected chi connectivity index (χ0v) is 13.7.